The van der Waals surface area contributed by atoms with Crippen molar-refractivity contribution >= 4 is 23.6 Å². The molecule has 2 aliphatic rings. The number of amides is 4. The van der Waals surface area contributed by atoms with E-state index >= 15 is 0 Å². The van der Waals surface area contributed by atoms with Gasteiger partial charge in [-0.1, -0.05) is 18.2 Å². The lowest BCUT2D eigenvalue weighted by molar-refractivity contribution is -0.177. The minimum Gasteiger partial charge on any atom is -0.507 e. The zero-order chi connectivity index (χ0) is 28.8. The standard InChI is InChI=1S/C29H33N3O8/c1-18-7-4-10-20(26(18)36)28(38)30-15-2-3-16-31(29(39)21-11-6-12-22(33)27(21)37)17-23(19-8-5-9-19)40-32-24(34)13-14-25(32)35/h4,6-7,10-12,33,36-37H,2-3,5,8-9,13-17H2,1H3,(H,30,38). The third-order valence-corrected chi connectivity index (χ3v) is 7.05. The predicted molar refractivity (Wildman–Crippen MR) is 143 cm³/mol. The molecule has 4 N–H and O–H groups in total. The van der Waals surface area contributed by atoms with Crippen LogP contribution < -0.4 is 5.32 Å². The summed E-state index contributed by atoms with van der Waals surface area (Å²) < 4.78 is 0. The Morgan fingerprint density at radius 1 is 0.925 bits per heavy atom. The van der Waals surface area contributed by atoms with Crippen molar-refractivity contribution in [3.63, 3.8) is 0 Å². The highest BCUT2D eigenvalue weighted by Crippen LogP contribution is 2.33. The molecule has 0 atom stereocenters. The van der Waals surface area contributed by atoms with Gasteiger partial charge in [0.05, 0.1) is 17.7 Å². The summed E-state index contributed by atoms with van der Waals surface area (Å²) in [5.41, 5.74) is 1.56. The van der Waals surface area contributed by atoms with E-state index in [-0.39, 0.29) is 49.4 Å². The number of aryl methyl sites for hydroxylation is 1. The van der Waals surface area contributed by atoms with Crippen LogP contribution in [0, 0.1) is 6.92 Å². The van der Waals surface area contributed by atoms with Crippen LogP contribution in [0.5, 0.6) is 17.2 Å². The second-order valence-corrected chi connectivity index (χ2v) is 9.89. The van der Waals surface area contributed by atoms with E-state index < -0.39 is 35.1 Å². The Bertz CT molecular complexity index is 1330. The Kier molecular flexibility index (Phi) is 8.93. The van der Waals surface area contributed by atoms with Crippen molar-refractivity contribution < 1.29 is 39.3 Å². The molecule has 4 amide bonds. The normalized spacial score (nSPS) is 14.6. The summed E-state index contributed by atoms with van der Waals surface area (Å²) >= 11 is 0. The number of unbranched alkanes of at least 4 members (excludes halogenated alkanes) is 1. The fraction of sp³-hybridized carbons (Fsp3) is 0.379. The van der Waals surface area contributed by atoms with Crippen LogP contribution in [0.3, 0.4) is 0 Å². The molecule has 2 aromatic carbocycles. The number of imide groups is 1. The van der Waals surface area contributed by atoms with E-state index in [0.717, 1.165) is 17.1 Å². The summed E-state index contributed by atoms with van der Waals surface area (Å²) in [6, 6.07) is 9.02. The summed E-state index contributed by atoms with van der Waals surface area (Å²) in [7, 11) is 0. The fourth-order valence-electron chi connectivity index (χ4n) is 4.47. The summed E-state index contributed by atoms with van der Waals surface area (Å²) in [4.78, 5) is 57.5. The van der Waals surface area contributed by atoms with Gasteiger partial charge in [-0.3, -0.25) is 19.2 Å². The Labute approximate surface area is 231 Å². The summed E-state index contributed by atoms with van der Waals surface area (Å²) in [5.74, 6) is -2.59. The number of para-hydroxylation sites is 2. The molecule has 40 heavy (non-hydrogen) atoms. The highest BCUT2D eigenvalue weighted by molar-refractivity contribution is 6.01. The molecule has 1 saturated carbocycles. The van der Waals surface area contributed by atoms with Gasteiger partial charge in [0, 0.05) is 25.9 Å². The quantitative estimate of drug-likeness (QED) is 0.143. The third kappa shape index (κ3) is 6.36. The van der Waals surface area contributed by atoms with Gasteiger partial charge in [-0.2, -0.15) is 0 Å². The lowest BCUT2D eigenvalue weighted by Gasteiger charge is -2.29. The Morgan fingerprint density at radius 3 is 2.27 bits per heavy atom. The number of nitrogens with one attached hydrogen (secondary N) is 1. The van der Waals surface area contributed by atoms with E-state index in [0.29, 0.717) is 37.0 Å². The molecular weight excluding hydrogens is 518 g/mol. The lowest BCUT2D eigenvalue weighted by Crippen LogP contribution is -2.38. The number of allylic oxidation sites excluding steroid dienone is 1. The maximum atomic E-state index is 13.5. The van der Waals surface area contributed by atoms with Crippen LogP contribution in [0.2, 0.25) is 0 Å². The Morgan fingerprint density at radius 2 is 1.60 bits per heavy atom. The molecule has 11 nitrogen and oxygen atoms in total. The number of phenols is 3. The molecule has 4 rings (SSSR count). The number of benzene rings is 2. The number of hydroxylamine groups is 2. The summed E-state index contributed by atoms with van der Waals surface area (Å²) in [6.07, 6.45) is 3.41. The van der Waals surface area contributed by atoms with Crippen LogP contribution in [-0.2, 0) is 14.4 Å². The van der Waals surface area contributed by atoms with Gasteiger partial charge in [-0.05, 0) is 68.4 Å². The number of hydrogen-bond donors (Lipinski definition) is 4. The highest BCUT2D eigenvalue weighted by atomic mass is 16.7. The minimum absolute atomic E-state index is 0.0517. The first kappa shape index (κ1) is 28.5. The largest absolute Gasteiger partial charge is 0.507 e. The van der Waals surface area contributed by atoms with Crippen molar-refractivity contribution in [2.75, 3.05) is 19.6 Å². The molecule has 2 fully saturated rings. The molecule has 1 saturated heterocycles. The van der Waals surface area contributed by atoms with Gasteiger partial charge >= 0.3 is 0 Å². The zero-order valence-corrected chi connectivity index (χ0v) is 22.3. The average molecular weight is 552 g/mol. The molecular formula is C29H33N3O8. The molecule has 1 aliphatic heterocycles. The molecule has 212 valence electrons. The van der Waals surface area contributed by atoms with Crippen LogP contribution in [0.25, 0.3) is 0 Å². The van der Waals surface area contributed by atoms with E-state index in [9.17, 15) is 34.5 Å². The molecule has 0 aromatic heterocycles. The van der Waals surface area contributed by atoms with Crippen LogP contribution in [0.15, 0.2) is 47.7 Å². The van der Waals surface area contributed by atoms with Crippen molar-refractivity contribution in [2.24, 2.45) is 0 Å². The lowest BCUT2D eigenvalue weighted by atomic mass is 9.91. The third-order valence-electron chi connectivity index (χ3n) is 7.05. The highest BCUT2D eigenvalue weighted by Gasteiger charge is 2.34. The molecule has 1 heterocycles. The van der Waals surface area contributed by atoms with Gasteiger partial charge in [0.25, 0.3) is 23.6 Å². The average Bonchev–Trinajstić information content (AvgIpc) is 3.21. The van der Waals surface area contributed by atoms with E-state index in [1.165, 1.54) is 29.2 Å². The Balaban J connectivity index is 1.45. The van der Waals surface area contributed by atoms with Crippen molar-refractivity contribution in [1.29, 1.82) is 0 Å². The van der Waals surface area contributed by atoms with Gasteiger partial charge in [-0.15, -0.1) is 5.06 Å². The molecule has 0 bridgehead atoms. The van der Waals surface area contributed by atoms with E-state index in [4.69, 9.17) is 4.84 Å². The first-order chi connectivity index (χ1) is 19.2. The number of carbonyl (C=O) groups is 4. The molecule has 2 aromatic rings. The molecule has 1 aliphatic carbocycles. The van der Waals surface area contributed by atoms with Crippen LogP contribution in [0.4, 0.5) is 0 Å². The van der Waals surface area contributed by atoms with Crippen LogP contribution in [0.1, 0.15) is 71.2 Å². The topological polar surface area (TPSA) is 157 Å². The van der Waals surface area contributed by atoms with Gasteiger partial charge in [-0.25, -0.2) is 0 Å². The summed E-state index contributed by atoms with van der Waals surface area (Å²) in [6.45, 7) is 2.13. The molecule has 0 radical (unpaired) electrons. The number of aromatic hydroxyl groups is 3. The predicted octanol–water partition coefficient (Wildman–Crippen LogP) is 3.28. The van der Waals surface area contributed by atoms with E-state index in [1.54, 1.807) is 19.1 Å². The van der Waals surface area contributed by atoms with Gasteiger partial charge < -0.3 is 30.4 Å². The number of rotatable bonds is 11. The zero-order valence-electron chi connectivity index (χ0n) is 22.3. The van der Waals surface area contributed by atoms with Crippen molar-refractivity contribution in [3.8, 4) is 17.2 Å². The Hall–Kier alpha value is -4.54. The van der Waals surface area contributed by atoms with E-state index in [1.807, 2.05) is 0 Å². The van der Waals surface area contributed by atoms with Crippen molar-refractivity contribution in [2.45, 2.75) is 51.9 Å². The first-order valence-electron chi connectivity index (χ1n) is 13.3. The second-order valence-electron chi connectivity index (χ2n) is 9.89. The van der Waals surface area contributed by atoms with Crippen molar-refractivity contribution in [3.05, 3.63) is 64.4 Å². The SMILES string of the molecule is Cc1cccc(C(=O)NCCCCN(CC(ON2C(=O)CCC2=O)=C2CCC2)C(=O)c2cccc(O)c2O)c1O. The summed E-state index contributed by atoms with van der Waals surface area (Å²) in [5, 5.41) is 33.9. The smallest absolute Gasteiger partial charge is 0.263 e. The monoisotopic (exact) mass is 551 g/mol. The van der Waals surface area contributed by atoms with Crippen LogP contribution in [-0.4, -0.2) is 68.5 Å². The number of hydrogen-bond acceptors (Lipinski definition) is 8. The fourth-order valence-corrected chi connectivity index (χ4v) is 4.47. The van der Waals surface area contributed by atoms with Gasteiger partial charge in [0.15, 0.2) is 17.3 Å². The van der Waals surface area contributed by atoms with Gasteiger partial charge in [0.2, 0.25) is 0 Å². The van der Waals surface area contributed by atoms with Gasteiger partial charge in [0.1, 0.15) is 5.75 Å². The number of carbonyl (C=O) groups excluding carboxylic acids is 4. The second kappa shape index (κ2) is 12.5. The van der Waals surface area contributed by atoms with Crippen LogP contribution >= 0.6 is 0 Å². The van der Waals surface area contributed by atoms with E-state index in [2.05, 4.69) is 5.32 Å². The maximum Gasteiger partial charge on any atom is 0.263 e. The molecule has 0 unspecified atom stereocenters. The first-order valence-corrected chi connectivity index (χ1v) is 13.3. The number of nitrogens with zero attached hydrogens (tertiary/aromatic N) is 2. The molecule has 11 heteroatoms. The van der Waals surface area contributed by atoms with Crippen molar-refractivity contribution in [1.82, 2.24) is 15.3 Å². The maximum absolute atomic E-state index is 13.5. The minimum atomic E-state index is -0.567. The molecule has 0 spiro atoms. The number of phenolic OH excluding ortho intramolecular Hbond substituents is 3.